The van der Waals surface area contributed by atoms with Crippen molar-refractivity contribution in [1.29, 1.82) is 0 Å². The summed E-state index contributed by atoms with van der Waals surface area (Å²) in [7, 11) is -4.37. The number of aryl methyl sites for hydroxylation is 1. The summed E-state index contributed by atoms with van der Waals surface area (Å²) in [5, 5.41) is 0. The van der Waals surface area contributed by atoms with Gasteiger partial charge in [-0.05, 0) is 24.5 Å². The van der Waals surface area contributed by atoms with Gasteiger partial charge < -0.3 is 4.55 Å². The number of hydrogen-bond acceptors (Lipinski definition) is 3. The standard InChI is InChI=1S/C40H74O3S.K/c1-2-3-4-5-6-7-8-9-10-11-12-13-14-15-16-17-18-19-20-21-22-23-24-25-26-27-28-29-30-31-32-33-36-39-37-34-35-38-40(39)44(41,42)43;/h34-35,37-38H,2-33,36H2,1H3,(H,41,42,43);/q;+1/p-1. The zero-order valence-corrected chi connectivity index (χ0v) is 34.2. The summed E-state index contributed by atoms with van der Waals surface area (Å²) in [6, 6.07) is 6.64. The molecule has 45 heavy (non-hydrogen) atoms. The van der Waals surface area contributed by atoms with E-state index in [2.05, 4.69) is 6.92 Å². The predicted octanol–water partition coefficient (Wildman–Crippen LogP) is 10.6. The van der Waals surface area contributed by atoms with Crippen molar-refractivity contribution in [3.05, 3.63) is 29.8 Å². The molecule has 3 nitrogen and oxygen atoms in total. The Bertz CT molecular complexity index is 842. The third kappa shape index (κ3) is 30.6. The van der Waals surface area contributed by atoms with E-state index in [0.29, 0.717) is 12.0 Å². The monoisotopic (exact) mass is 672 g/mol. The molecule has 0 bridgehead atoms. The largest absolute Gasteiger partial charge is 1.00 e. The van der Waals surface area contributed by atoms with E-state index in [0.717, 1.165) is 12.8 Å². The summed E-state index contributed by atoms with van der Waals surface area (Å²) < 4.78 is 34.1. The minimum absolute atomic E-state index is 0. The molecule has 0 radical (unpaired) electrons. The van der Waals surface area contributed by atoms with E-state index in [4.69, 9.17) is 0 Å². The van der Waals surface area contributed by atoms with Crippen molar-refractivity contribution in [3.63, 3.8) is 0 Å². The quantitative estimate of drug-likeness (QED) is 0.0416. The fourth-order valence-corrected chi connectivity index (χ4v) is 7.38. The second-order valence-corrected chi connectivity index (χ2v) is 15.1. The SMILES string of the molecule is CCCCCCCCCCCCCCCCCCCCCCCCCCCCCCCCCCc1ccccc1S(=O)(=O)[O-].[K+]. The van der Waals surface area contributed by atoms with Crippen LogP contribution in [-0.2, 0) is 16.5 Å². The molecule has 0 saturated carbocycles. The molecule has 0 aromatic heterocycles. The van der Waals surface area contributed by atoms with Crippen LogP contribution in [0.15, 0.2) is 29.2 Å². The van der Waals surface area contributed by atoms with Gasteiger partial charge in [0.1, 0.15) is 10.1 Å². The molecule has 0 aliphatic heterocycles. The summed E-state index contributed by atoms with van der Waals surface area (Å²) in [5.41, 5.74) is 0.674. The van der Waals surface area contributed by atoms with E-state index < -0.39 is 10.1 Å². The average Bonchev–Trinajstić information content (AvgIpc) is 3.01. The molecular weight excluding hydrogens is 600 g/mol. The Labute approximate surface area is 324 Å². The summed E-state index contributed by atoms with van der Waals surface area (Å²) in [4.78, 5) is -0.0410. The van der Waals surface area contributed by atoms with Gasteiger partial charge in [-0.25, -0.2) is 8.42 Å². The summed E-state index contributed by atoms with van der Waals surface area (Å²) >= 11 is 0. The summed E-state index contributed by atoms with van der Waals surface area (Å²) in [6.07, 6.45) is 45.4. The minimum Gasteiger partial charge on any atom is -0.744 e. The van der Waals surface area contributed by atoms with Crippen LogP contribution in [0.3, 0.4) is 0 Å². The van der Waals surface area contributed by atoms with Gasteiger partial charge in [-0.3, -0.25) is 0 Å². The van der Waals surface area contributed by atoms with Crippen LogP contribution in [-0.4, -0.2) is 13.0 Å². The maximum atomic E-state index is 11.4. The first-order chi connectivity index (χ1) is 21.6. The Hall–Kier alpha value is 0.766. The Morgan fingerprint density at radius 3 is 0.933 bits per heavy atom. The van der Waals surface area contributed by atoms with Gasteiger partial charge in [0, 0.05) is 0 Å². The summed E-state index contributed by atoms with van der Waals surface area (Å²) in [5.74, 6) is 0. The molecule has 1 rings (SSSR count). The van der Waals surface area contributed by atoms with Crippen LogP contribution in [0.25, 0.3) is 0 Å². The molecule has 5 heteroatoms. The number of unbranched alkanes of at least 4 members (excludes halogenated alkanes) is 31. The molecular formula is C40H73KO3S. The molecule has 0 unspecified atom stereocenters. The maximum Gasteiger partial charge on any atom is 1.00 e. The Balaban J connectivity index is 0.0000194. The maximum absolute atomic E-state index is 11.4. The van der Waals surface area contributed by atoms with Crippen LogP contribution >= 0.6 is 0 Å². The molecule has 0 aliphatic carbocycles. The van der Waals surface area contributed by atoms with Gasteiger partial charge in [0.25, 0.3) is 0 Å². The second-order valence-electron chi connectivity index (χ2n) is 13.8. The van der Waals surface area contributed by atoms with E-state index in [-0.39, 0.29) is 56.3 Å². The molecule has 1 aromatic rings. The van der Waals surface area contributed by atoms with Gasteiger partial charge in [-0.1, -0.05) is 224 Å². The molecule has 0 N–H and O–H groups in total. The Kier molecular flexibility index (Phi) is 35.2. The third-order valence-electron chi connectivity index (χ3n) is 9.54. The zero-order valence-electron chi connectivity index (χ0n) is 30.3. The molecule has 0 saturated heterocycles. The third-order valence-corrected chi connectivity index (χ3v) is 10.5. The molecule has 0 aliphatic rings. The van der Waals surface area contributed by atoms with Gasteiger partial charge in [-0.2, -0.15) is 0 Å². The van der Waals surface area contributed by atoms with Crippen molar-refractivity contribution in [1.82, 2.24) is 0 Å². The Morgan fingerprint density at radius 1 is 0.422 bits per heavy atom. The number of benzene rings is 1. The first-order valence-electron chi connectivity index (χ1n) is 19.6. The van der Waals surface area contributed by atoms with E-state index in [1.54, 1.807) is 12.1 Å². The fourth-order valence-electron chi connectivity index (χ4n) is 6.65. The summed E-state index contributed by atoms with van der Waals surface area (Å²) in [6.45, 7) is 2.30. The van der Waals surface area contributed by atoms with Gasteiger partial charge in [0.2, 0.25) is 0 Å². The number of hydrogen-bond donors (Lipinski definition) is 0. The smallest absolute Gasteiger partial charge is 0.744 e. The first kappa shape index (κ1) is 45.8. The fraction of sp³-hybridized carbons (Fsp3) is 0.850. The van der Waals surface area contributed by atoms with Crippen LogP contribution in [0, 0.1) is 0 Å². The zero-order chi connectivity index (χ0) is 31.8. The average molecular weight is 673 g/mol. The second kappa shape index (κ2) is 34.6. The van der Waals surface area contributed by atoms with E-state index >= 15 is 0 Å². The van der Waals surface area contributed by atoms with Crippen LogP contribution in [0.2, 0.25) is 0 Å². The molecule has 0 fully saturated rings. The minimum atomic E-state index is -4.37. The predicted molar refractivity (Wildman–Crippen MR) is 192 cm³/mol. The normalized spacial score (nSPS) is 11.6. The molecule has 0 atom stereocenters. The van der Waals surface area contributed by atoms with Crippen molar-refractivity contribution in [2.75, 3.05) is 0 Å². The molecule has 0 spiro atoms. The molecule has 0 heterocycles. The van der Waals surface area contributed by atoms with Crippen molar-refractivity contribution >= 4 is 10.1 Å². The van der Waals surface area contributed by atoms with Crippen molar-refractivity contribution in [2.45, 2.75) is 224 Å². The topological polar surface area (TPSA) is 57.2 Å². The van der Waals surface area contributed by atoms with Gasteiger partial charge in [-0.15, -0.1) is 0 Å². The van der Waals surface area contributed by atoms with Gasteiger partial charge >= 0.3 is 51.4 Å². The van der Waals surface area contributed by atoms with Crippen molar-refractivity contribution < 1.29 is 64.4 Å². The Morgan fingerprint density at radius 2 is 0.667 bits per heavy atom. The van der Waals surface area contributed by atoms with Crippen molar-refractivity contribution in [2.24, 2.45) is 0 Å². The molecule has 1 aromatic carbocycles. The van der Waals surface area contributed by atoms with E-state index in [9.17, 15) is 13.0 Å². The number of rotatable bonds is 34. The molecule has 0 amide bonds. The van der Waals surface area contributed by atoms with Crippen LogP contribution < -0.4 is 51.4 Å². The van der Waals surface area contributed by atoms with E-state index in [1.165, 1.54) is 199 Å². The van der Waals surface area contributed by atoms with Crippen LogP contribution in [0.1, 0.15) is 218 Å². The van der Waals surface area contributed by atoms with Crippen molar-refractivity contribution in [3.8, 4) is 0 Å². The van der Waals surface area contributed by atoms with Gasteiger partial charge in [0.15, 0.2) is 0 Å². The van der Waals surface area contributed by atoms with E-state index in [1.807, 2.05) is 6.07 Å². The first-order valence-corrected chi connectivity index (χ1v) is 21.0. The van der Waals surface area contributed by atoms with Crippen LogP contribution in [0.5, 0.6) is 0 Å². The van der Waals surface area contributed by atoms with Crippen LogP contribution in [0.4, 0.5) is 0 Å². The van der Waals surface area contributed by atoms with Gasteiger partial charge in [0.05, 0.1) is 4.90 Å². The molecule has 258 valence electrons.